The molecule has 1 N–H and O–H groups in total. The molecule has 0 saturated heterocycles. The molecule has 0 aliphatic rings. The quantitative estimate of drug-likeness (QED) is 0.632. The largest absolute Gasteiger partial charge is 0.503 e. The monoisotopic (exact) mass is 177 g/mol. The summed E-state index contributed by atoms with van der Waals surface area (Å²) in [5.41, 5.74) is 0. The molecule has 0 aliphatic heterocycles. The second kappa shape index (κ2) is 6.22. The molecule has 2 nitrogen and oxygen atoms in total. The normalized spacial score (nSPS) is 6.43. The summed E-state index contributed by atoms with van der Waals surface area (Å²) in [6.07, 6.45) is 1.81. The summed E-state index contributed by atoms with van der Waals surface area (Å²) >= 11 is 0. The van der Waals surface area contributed by atoms with Gasteiger partial charge in [0.15, 0.2) is 5.97 Å². The van der Waals surface area contributed by atoms with Gasteiger partial charge in [-0.25, -0.2) is 0 Å². The van der Waals surface area contributed by atoms with Crippen LogP contribution in [0.2, 0.25) is 0 Å². The first kappa shape index (κ1) is 10.3. The Morgan fingerprint density at radius 3 is 2.29 bits per heavy atom. The van der Waals surface area contributed by atoms with Crippen molar-refractivity contribution in [1.29, 1.82) is 0 Å². The van der Waals surface area contributed by atoms with Gasteiger partial charge in [0, 0.05) is 26.2 Å². The number of carbonyl (C=O) groups is 1. The van der Waals surface area contributed by atoms with Gasteiger partial charge in [0.25, 0.3) is 0 Å². The molecule has 0 spiro atoms. The van der Waals surface area contributed by atoms with Gasteiger partial charge in [-0.1, -0.05) is 6.92 Å². The van der Waals surface area contributed by atoms with E-state index >= 15 is 0 Å². The van der Waals surface area contributed by atoms with Crippen molar-refractivity contribution in [2.75, 3.05) is 0 Å². The van der Waals surface area contributed by atoms with Gasteiger partial charge in [0.05, 0.1) is 0 Å². The molecule has 40 valence electrons. The first-order valence-corrected chi connectivity index (χ1v) is 1.83. The molecule has 0 aromatic heterocycles. The molecule has 0 bridgehead atoms. The van der Waals surface area contributed by atoms with Crippen LogP contribution in [0.1, 0.15) is 13.3 Å². The van der Waals surface area contributed by atoms with Crippen LogP contribution >= 0.6 is 0 Å². The maximum atomic E-state index is 9.54. The molecule has 3 heteroatoms. The van der Waals surface area contributed by atoms with Gasteiger partial charge in [-0.05, 0) is 0 Å². The molecule has 0 unspecified atom stereocenters. The van der Waals surface area contributed by atoms with E-state index in [-0.39, 0.29) is 26.2 Å². The molecule has 0 aliphatic carbocycles. The molecule has 0 aromatic rings. The second-order valence-electron chi connectivity index (χ2n) is 0.951. The van der Waals surface area contributed by atoms with Crippen LogP contribution in [0.15, 0.2) is 0 Å². The number of carboxylic acid groups (broad SMARTS) is 1. The number of carboxylic acids is 1. The van der Waals surface area contributed by atoms with Gasteiger partial charge in [-0.2, -0.15) is 6.42 Å². The average Bonchev–Trinajstić information content (AvgIpc) is 1.35. The van der Waals surface area contributed by atoms with E-state index in [1.807, 2.05) is 0 Å². The van der Waals surface area contributed by atoms with Gasteiger partial charge in [0.1, 0.15) is 0 Å². The standard InChI is InChI=1S/C4H7O2.Zr/c1-2-3-4(5)6;/h3H,2H2,1H3,(H,5,6);/q-1;. The van der Waals surface area contributed by atoms with Crippen molar-refractivity contribution >= 4 is 5.97 Å². The molecular formula is C4H7O2Zr-. The summed E-state index contributed by atoms with van der Waals surface area (Å²) in [7, 11) is 0. The maximum absolute atomic E-state index is 9.54. The van der Waals surface area contributed by atoms with Crippen LogP contribution in [0.25, 0.3) is 0 Å². The summed E-state index contributed by atoms with van der Waals surface area (Å²) in [5, 5.41) is 7.86. The zero-order valence-electron chi connectivity index (χ0n) is 4.14. The fraction of sp³-hybridized carbons (Fsp3) is 0.500. The Bertz CT molecular complexity index is 53.7. The van der Waals surface area contributed by atoms with E-state index in [1.54, 1.807) is 6.92 Å². The molecule has 7 heavy (non-hydrogen) atoms. The fourth-order valence-electron chi connectivity index (χ4n) is 0.175. The fourth-order valence-corrected chi connectivity index (χ4v) is 0.175. The zero-order valence-corrected chi connectivity index (χ0v) is 6.60. The third-order valence-electron chi connectivity index (χ3n) is 0.379. The van der Waals surface area contributed by atoms with Gasteiger partial charge in [0.2, 0.25) is 0 Å². The summed E-state index contributed by atoms with van der Waals surface area (Å²) < 4.78 is 0. The van der Waals surface area contributed by atoms with Crippen molar-refractivity contribution in [3.63, 3.8) is 0 Å². The number of aliphatic carboxylic acids is 1. The summed E-state index contributed by atoms with van der Waals surface area (Å²) in [6.45, 7) is 1.79. The summed E-state index contributed by atoms with van der Waals surface area (Å²) in [5.74, 6) is -0.836. The van der Waals surface area contributed by atoms with Crippen molar-refractivity contribution in [2.24, 2.45) is 0 Å². The summed E-state index contributed by atoms with van der Waals surface area (Å²) in [4.78, 5) is 9.54. The molecule has 0 aromatic carbocycles. The molecule has 0 atom stereocenters. The van der Waals surface area contributed by atoms with Crippen molar-refractivity contribution in [3.8, 4) is 0 Å². The van der Waals surface area contributed by atoms with E-state index in [4.69, 9.17) is 5.11 Å². The zero-order chi connectivity index (χ0) is 4.99. The van der Waals surface area contributed by atoms with Crippen LogP contribution in [-0.2, 0) is 31.0 Å². The molecule has 0 fully saturated rings. The van der Waals surface area contributed by atoms with Gasteiger partial charge in [-0.15, -0.1) is 0 Å². The minimum atomic E-state index is -0.836. The van der Waals surface area contributed by atoms with Crippen molar-refractivity contribution in [3.05, 3.63) is 6.42 Å². The number of hydrogen-bond donors (Lipinski definition) is 1. The van der Waals surface area contributed by atoms with Crippen molar-refractivity contribution in [2.45, 2.75) is 13.3 Å². The third-order valence-corrected chi connectivity index (χ3v) is 0.379. The number of rotatable bonds is 2. The van der Waals surface area contributed by atoms with Crippen molar-refractivity contribution in [1.82, 2.24) is 0 Å². The van der Waals surface area contributed by atoms with E-state index in [9.17, 15) is 4.79 Å². The first-order chi connectivity index (χ1) is 2.77. The van der Waals surface area contributed by atoms with E-state index < -0.39 is 5.97 Å². The SMILES string of the molecule is CC[CH-]C(=O)O.[Zr]. The van der Waals surface area contributed by atoms with E-state index in [0.717, 1.165) is 0 Å². The Morgan fingerprint density at radius 2 is 2.29 bits per heavy atom. The predicted molar refractivity (Wildman–Crippen MR) is 22.2 cm³/mol. The van der Waals surface area contributed by atoms with E-state index in [0.29, 0.717) is 6.42 Å². The summed E-state index contributed by atoms with van der Waals surface area (Å²) in [6, 6.07) is 0. The molecule has 0 heterocycles. The van der Waals surface area contributed by atoms with Crippen molar-refractivity contribution < 1.29 is 36.1 Å². The Morgan fingerprint density at radius 1 is 1.86 bits per heavy atom. The van der Waals surface area contributed by atoms with Crippen LogP contribution in [0, 0.1) is 6.42 Å². The van der Waals surface area contributed by atoms with E-state index in [2.05, 4.69) is 0 Å². The molecule has 0 saturated carbocycles. The minimum absolute atomic E-state index is 0. The van der Waals surface area contributed by atoms with Crippen LogP contribution in [0.5, 0.6) is 0 Å². The van der Waals surface area contributed by atoms with E-state index in [1.165, 1.54) is 6.42 Å². The van der Waals surface area contributed by atoms with Gasteiger partial charge >= 0.3 is 0 Å². The topological polar surface area (TPSA) is 37.3 Å². The van der Waals surface area contributed by atoms with Crippen LogP contribution in [0.4, 0.5) is 0 Å². The first-order valence-electron chi connectivity index (χ1n) is 1.83. The molecule has 0 radical (unpaired) electrons. The second-order valence-corrected chi connectivity index (χ2v) is 0.951. The Hall–Kier alpha value is 0.223. The predicted octanol–water partition coefficient (Wildman–Crippen LogP) is 0.683. The Kier molecular flexibility index (Phi) is 9.12. The minimum Gasteiger partial charge on any atom is -0.503 e. The average molecular weight is 178 g/mol. The van der Waals surface area contributed by atoms with Crippen LogP contribution in [-0.4, -0.2) is 11.1 Å². The number of hydrogen-bond acceptors (Lipinski definition) is 1. The third kappa shape index (κ3) is 10.7. The molecular weight excluding hydrogens is 171 g/mol. The van der Waals surface area contributed by atoms with Gasteiger partial charge in [-0.3, -0.25) is 11.2 Å². The van der Waals surface area contributed by atoms with Crippen LogP contribution in [0.3, 0.4) is 0 Å². The smallest absolute Gasteiger partial charge is 0.163 e. The Balaban J connectivity index is 0. The van der Waals surface area contributed by atoms with Gasteiger partial charge < -0.3 is 5.11 Å². The molecule has 0 amide bonds. The Labute approximate surface area is 62.0 Å². The molecule has 0 rings (SSSR count). The van der Waals surface area contributed by atoms with Crippen LogP contribution < -0.4 is 0 Å². The maximum Gasteiger partial charge on any atom is 0.163 e.